The van der Waals surface area contributed by atoms with Gasteiger partial charge in [0.15, 0.2) is 11.5 Å². The van der Waals surface area contributed by atoms with Gasteiger partial charge in [-0.25, -0.2) is 0 Å². The lowest BCUT2D eigenvalue weighted by atomic mass is 9.61. The largest absolute Gasteiger partial charge is 0.504 e. The van der Waals surface area contributed by atoms with E-state index in [0.717, 1.165) is 34.3 Å². The number of nitrogens with one attached hydrogen (secondary N) is 2. The zero-order chi connectivity index (χ0) is 42.8. The number of methoxy groups -OCH3 is 1. The number of dihydropyridines is 1. The lowest BCUT2D eigenvalue weighted by molar-refractivity contribution is -0.148. The molecule has 2 aliphatic heterocycles. The van der Waals surface area contributed by atoms with Crippen LogP contribution in [0, 0.1) is 23.2 Å². The molecular formula is C50H54N4O7. The number of nitrogens with zero attached hydrogens (tertiary/aromatic N) is 2. The van der Waals surface area contributed by atoms with Gasteiger partial charge in [0.1, 0.15) is 23.5 Å². The van der Waals surface area contributed by atoms with Crippen LogP contribution in [0.3, 0.4) is 0 Å². The van der Waals surface area contributed by atoms with Crippen molar-refractivity contribution in [2.45, 2.75) is 90.2 Å². The number of aromatic hydroxyl groups is 2. The standard InChI is InChI=1S/C50H54N4O7/c1-31-8-5-11-39-12-6-9-35-20-34-15-18-52-48(21-34)54(19-16-32(2)55)44-13-7-10-36-29-53(30-43(36)44)45(37-22-46(58)49(59)47(23-37)60-4)25-40(57)24-41(61-33(3)56)14-17-50(31,39)26-38-27-51-28-42(35)38/h5,7-8,10-11,13,15,21-23,27-31,35,41,45,51-52,58-59H,12,14,16-20,24-26H2,1-4H3/t31-,35-,41+,45+,50-/m0/s1. The Balaban J connectivity index is 1.30. The van der Waals surface area contributed by atoms with Gasteiger partial charge in [0.25, 0.3) is 0 Å². The van der Waals surface area contributed by atoms with Gasteiger partial charge in [0.05, 0.1) is 24.8 Å². The minimum absolute atomic E-state index is 0.00447. The summed E-state index contributed by atoms with van der Waals surface area (Å²) in [7, 11) is 1.41. The van der Waals surface area contributed by atoms with E-state index >= 15 is 0 Å². The summed E-state index contributed by atoms with van der Waals surface area (Å²) in [4.78, 5) is 45.3. The van der Waals surface area contributed by atoms with E-state index in [2.05, 4.69) is 76.7 Å². The van der Waals surface area contributed by atoms with Crippen molar-refractivity contribution in [2.24, 2.45) is 11.3 Å². The number of benzene rings is 2. The van der Waals surface area contributed by atoms with Gasteiger partial charge in [-0.15, -0.1) is 0 Å². The number of allylic oxidation sites excluding steroid dienone is 6. The maximum Gasteiger partial charge on any atom is 0.302 e. The molecule has 11 nitrogen and oxygen atoms in total. The summed E-state index contributed by atoms with van der Waals surface area (Å²) in [5, 5.41) is 26.9. The molecule has 316 valence electrons. The van der Waals surface area contributed by atoms with Crippen LogP contribution in [0.2, 0.25) is 0 Å². The molecule has 2 aromatic carbocycles. The number of phenols is 2. The number of esters is 1. The fourth-order valence-electron chi connectivity index (χ4n) is 9.82. The molecule has 4 heterocycles. The highest BCUT2D eigenvalue weighted by molar-refractivity contribution is 5.95. The fourth-order valence-corrected chi connectivity index (χ4v) is 9.82. The number of rotatable bonds is 6. The molecule has 0 unspecified atom stereocenters. The number of hydrogen-bond acceptors (Lipinski definition) is 9. The van der Waals surface area contributed by atoms with Crippen LogP contribution in [0.5, 0.6) is 17.2 Å². The molecule has 5 atom stereocenters. The van der Waals surface area contributed by atoms with Crippen LogP contribution < -0.4 is 15.0 Å². The predicted molar refractivity (Wildman–Crippen MR) is 235 cm³/mol. The summed E-state index contributed by atoms with van der Waals surface area (Å²) in [5.74, 6) is 7.03. The maximum absolute atomic E-state index is 14.5. The molecule has 4 aliphatic rings. The molecule has 0 saturated heterocycles. The van der Waals surface area contributed by atoms with Gasteiger partial charge < -0.3 is 39.5 Å². The van der Waals surface area contributed by atoms with Crippen molar-refractivity contribution in [3.05, 3.63) is 119 Å². The zero-order valence-corrected chi connectivity index (χ0v) is 35.3. The first kappa shape index (κ1) is 41.3. The summed E-state index contributed by atoms with van der Waals surface area (Å²) in [6, 6.07) is 8.49. The molecular weight excluding hydrogens is 769 g/mol. The van der Waals surface area contributed by atoms with Crippen molar-refractivity contribution in [3.8, 4) is 29.1 Å². The molecule has 0 fully saturated rings. The van der Waals surface area contributed by atoms with Crippen LogP contribution in [-0.4, -0.2) is 63.6 Å². The van der Waals surface area contributed by atoms with E-state index in [9.17, 15) is 24.6 Å². The van der Waals surface area contributed by atoms with Crippen molar-refractivity contribution in [3.63, 3.8) is 0 Å². The molecule has 6 bridgehead atoms. The molecule has 4 N–H and O–H groups in total. The second-order valence-corrected chi connectivity index (χ2v) is 17.0. The summed E-state index contributed by atoms with van der Waals surface area (Å²) in [6.07, 6.45) is 22.0. The first-order valence-corrected chi connectivity index (χ1v) is 21.2. The van der Waals surface area contributed by atoms with Crippen molar-refractivity contribution in [2.75, 3.05) is 25.1 Å². The minimum Gasteiger partial charge on any atom is -0.504 e. The topological polar surface area (TPSA) is 146 Å². The van der Waals surface area contributed by atoms with Gasteiger partial charge in [-0.1, -0.05) is 60.8 Å². The first-order chi connectivity index (χ1) is 29.4. The predicted octanol–water partition coefficient (Wildman–Crippen LogP) is 8.45. The second-order valence-electron chi connectivity index (χ2n) is 17.0. The molecule has 0 amide bonds. The quantitative estimate of drug-likeness (QED) is 0.0855. The highest BCUT2D eigenvalue weighted by Crippen LogP contribution is 2.50. The molecule has 2 aromatic heterocycles. The Morgan fingerprint density at radius 2 is 1.93 bits per heavy atom. The Bertz CT molecular complexity index is 2560. The average molecular weight is 823 g/mol. The SMILES string of the molecule is COc1cc([C@H]2CC(=O)C[C@H](OC(C)=O)CC[C@@]34Cc5c[nH]cc5[C@@H](C#CCC3=CC=C[C@@H]4C)CC3=CCNC(=C3)N(CCC(C)=O)c3cccc4cn2cc34)cc(O)c1O. The minimum atomic E-state index is -0.676. The van der Waals surface area contributed by atoms with Crippen LogP contribution in [0.1, 0.15) is 94.4 Å². The third-order valence-electron chi connectivity index (χ3n) is 13.0. The number of aromatic nitrogens is 2. The molecule has 8 rings (SSSR count). The number of carbonyl (C=O) groups is 3. The number of anilines is 1. The highest BCUT2D eigenvalue weighted by Gasteiger charge is 2.42. The van der Waals surface area contributed by atoms with E-state index in [1.54, 1.807) is 13.0 Å². The van der Waals surface area contributed by atoms with Gasteiger partial charge in [0.2, 0.25) is 5.75 Å². The van der Waals surface area contributed by atoms with E-state index in [0.29, 0.717) is 50.8 Å². The number of hydrogen-bond donors (Lipinski definition) is 4. The van der Waals surface area contributed by atoms with Gasteiger partial charge >= 0.3 is 5.97 Å². The van der Waals surface area contributed by atoms with Crippen LogP contribution in [0.4, 0.5) is 5.69 Å². The van der Waals surface area contributed by atoms with E-state index in [-0.39, 0.29) is 53.2 Å². The molecule has 0 saturated carbocycles. The number of ether oxygens (including phenoxy) is 2. The van der Waals surface area contributed by atoms with Gasteiger partial charge in [0, 0.05) is 86.7 Å². The van der Waals surface area contributed by atoms with Gasteiger partial charge in [-0.3, -0.25) is 14.4 Å². The fraction of sp³-hybridized carbons (Fsp3) is 0.380. The number of Topliss-reactive ketones (excluding diaryl/α,β-unsaturated/α-hetero) is 2. The van der Waals surface area contributed by atoms with E-state index in [1.165, 1.54) is 36.8 Å². The monoisotopic (exact) mass is 822 g/mol. The van der Waals surface area contributed by atoms with Gasteiger partial charge in [-0.2, -0.15) is 0 Å². The van der Waals surface area contributed by atoms with E-state index in [4.69, 9.17) is 9.47 Å². The third kappa shape index (κ3) is 8.49. The van der Waals surface area contributed by atoms with Gasteiger partial charge in [-0.05, 0) is 85.1 Å². The number of ketones is 2. The first-order valence-electron chi connectivity index (χ1n) is 21.2. The van der Waals surface area contributed by atoms with Crippen LogP contribution in [0.25, 0.3) is 10.8 Å². The molecule has 2 aliphatic carbocycles. The van der Waals surface area contributed by atoms with Crippen molar-refractivity contribution in [1.82, 2.24) is 14.9 Å². The molecule has 0 radical (unpaired) electrons. The van der Waals surface area contributed by atoms with E-state index in [1.807, 2.05) is 35.2 Å². The number of aromatic amines is 1. The van der Waals surface area contributed by atoms with Crippen LogP contribution >= 0.6 is 0 Å². The van der Waals surface area contributed by atoms with Crippen LogP contribution in [-0.2, 0) is 25.5 Å². The maximum atomic E-state index is 14.5. The lowest BCUT2D eigenvalue weighted by Gasteiger charge is -2.43. The number of fused-ring (bicyclic) bond motifs is 2. The summed E-state index contributed by atoms with van der Waals surface area (Å²) >= 11 is 0. The Morgan fingerprint density at radius 1 is 1.08 bits per heavy atom. The highest BCUT2D eigenvalue weighted by atomic mass is 16.5. The second kappa shape index (κ2) is 17.3. The zero-order valence-electron chi connectivity index (χ0n) is 35.3. The number of carbonyl (C=O) groups excluding carboxylic acids is 3. The molecule has 1 spiro atoms. The molecule has 61 heavy (non-hydrogen) atoms. The average Bonchev–Trinajstić information content (AvgIpc) is 3.89. The number of phenolic OH excluding ortho intramolecular Hbond substituents is 2. The Kier molecular flexibility index (Phi) is 11.7. The smallest absolute Gasteiger partial charge is 0.302 e. The Morgan fingerprint density at radius 3 is 2.74 bits per heavy atom. The number of H-pyrrole nitrogens is 1. The van der Waals surface area contributed by atoms with Crippen molar-refractivity contribution >= 4 is 34.0 Å². The summed E-state index contributed by atoms with van der Waals surface area (Å²) < 4.78 is 13.4. The molecule has 4 aromatic rings. The lowest BCUT2D eigenvalue weighted by Crippen LogP contribution is -2.36. The summed E-state index contributed by atoms with van der Waals surface area (Å²) in [6.45, 7) is 6.27. The summed E-state index contributed by atoms with van der Waals surface area (Å²) in [5.41, 5.74) is 5.85. The van der Waals surface area contributed by atoms with Crippen molar-refractivity contribution in [1.29, 1.82) is 0 Å². The molecule has 11 heteroatoms. The Labute approximate surface area is 356 Å². The Hall–Kier alpha value is -6.41. The third-order valence-corrected chi connectivity index (χ3v) is 13.0. The normalized spacial score (nSPS) is 24.0. The van der Waals surface area contributed by atoms with Crippen LogP contribution in [0.15, 0.2) is 102 Å². The van der Waals surface area contributed by atoms with Crippen molar-refractivity contribution < 1.29 is 34.1 Å². The van der Waals surface area contributed by atoms with E-state index < -0.39 is 23.9 Å².